The van der Waals surface area contributed by atoms with E-state index in [2.05, 4.69) is 15.0 Å². The Morgan fingerprint density at radius 2 is 1.27 bits per heavy atom. The summed E-state index contributed by atoms with van der Waals surface area (Å²) in [5, 5.41) is 0. The average molecular weight is 553 g/mol. The first kappa shape index (κ1) is 26.9. The van der Waals surface area contributed by atoms with Gasteiger partial charge < -0.3 is 30.4 Å². The van der Waals surface area contributed by atoms with Gasteiger partial charge in [-0.25, -0.2) is 4.98 Å². The van der Waals surface area contributed by atoms with Gasteiger partial charge in [-0.2, -0.15) is 9.97 Å². The molecule has 1 saturated heterocycles. The normalized spacial score (nSPS) is 20.5. The van der Waals surface area contributed by atoms with Crippen LogP contribution in [0.3, 0.4) is 0 Å². The van der Waals surface area contributed by atoms with Crippen LogP contribution in [0.1, 0.15) is 22.9 Å². The predicted octanol–water partition coefficient (Wildman–Crippen LogP) is 4.28. The molecule has 2 aromatic heterocycles. The van der Waals surface area contributed by atoms with Gasteiger partial charge in [0.05, 0.1) is 32.8 Å². The van der Waals surface area contributed by atoms with Gasteiger partial charge in [0.25, 0.3) is 0 Å². The van der Waals surface area contributed by atoms with Crippen molar-refractivity contribution in [2.75, 3.05) is 18.1 Å². The lowest BCUT2D eigenvalue weighted by atomic mass is 10.1. The molecule has 1 fully saturated rings. The van der Waals surface area contributed by atoms with E-state index in [1.165, 1.54) is 0 Å². The van der Waals surface area contributed by atoms with Crippen LogP contribution < -0.4 is 11.5 Å². The lowest BCUT2D eigenvalue weighted by Gasteiger charge is -2.25. The molecule has 0 bridgehead atoms. The van der Waals surface area contributed by atoms with Crippen LogP contribution in [0.25, 0.3) is 11.2 Å². The molecule has 0 aliphatic carbocycles. The summed E-state index contributed by atoms with van der Waals surface area (Å²) in [5.74, 6) is 0.252. The van der Waals surface area contributed by atoms with E-state index in [-0.39, 0.29) is 11.8 Å². The standard InChI is InChI=1S/C31H32N6O4/c32-28-25-29(36-31(33)35-28)37(20-34-25)30-27(40-18-23-14-8-3-9-15-23)26(39-17-22-12-6-2-7-13-22)24(41-30)19-38-16-21-10-4-1-5-11-21/h1-15,20,24,26-27,30H,16-19H2,(H4,32,33,35,36)/t24-,26-,27+,30-/m1/s1. The highest BCUT2D eigenvalue weighted by Crippen LogP contribution is 2.37. The lowest BCUT2D eigenvalue weighted by molar-refractivity contribution is -0.0913. The third kappa shape index (κ3) is 6.21. The molecule has 1 aliphatic rings. The molecule has 10 nitrogen and oxygen atoms in total. The summed E-state index contributed by atoms with van der Waals surface area (Å²) < 4.78 is 27.7. The van der Waals surface area contributed by atoms with Crippen LogP contribution in [0.15, 0.2) is 97.3 Å². The van der Waals surface area contributed by atoms with Crippen LogP contribution >= 0.6 is 0 Å². The molecule has 4 N–H and O–H groups in total. The predicted molar refractivity (Wildman–Crippen MR) is 154 cm³/mol. The van der Waals surface area contributed by atoms with E-state index >= 15 is 0 Å². The second kappa shape index (κ2) is 12.4. The molecule has 6 rings (SSSR count). The molecule has 0 amide bonds. The van der Waals surface area contributed by atoms with Crippen molar-refractivity contribution in [2.24, 2.45) is 0 Å². The Hall–Kier alpha value is -4.35. The van der Waals surface area contributed by atoms with E-state index in [0.29, 0.717) is 37.6 Å². The maximum absolute atomic E-state index is 6.64. The highest BCUT2D eigenvalue weighted by molar-refractivity contribution is 5.82. The lowest BCUT2D eigenvalue weighted by Crippen LogP contribution is -2.38. The van der Waals surface area contributed by atoms with E-state index in [9.17, 15) is 0 Å². The molecule has 5 aromatic rings. The van der Waals surface area contributed by atoms with E-state index in [0.717, 1.165) is 16.7 Å². The van der Waals surface area contributed by atoms with Gasteiger partial charge in [-0.15, -0.1) is 0 Å². The minimum absolute atomic E-state index is 0.0520. The first-order valence-electron chi connectivity index (χ1n) is 13.5. The number of benzene rings is 3. The van der Waals surface area contributed by atoms with Crippen molar-refractivity contribution < 1.29 is 18.9 Å². The Kier molecular flexibility index (Phi) is 8.15. The van der Waals surface area contributed by atoms with Crippen molar-refractivity contribution in [2.45, 2.75) is 44.4 Å². The van der Waals surface area contributed by atoms with Gasteiger partial charge in [0.2, 0.25) is 5.95 Å². The fourth-order valence-electron chi connectivity index (χ4n) is 4.99. The molecule has 3 heterocycles. The Morgan fingerprint density at radius 3 is 1.88 bits per heavy atom. The zero-order valence-corrected chi connectivity index (χ0v) is 22.5. The van der Waals surface area contributed by atoms with Crippen LogP contribution in [-0.4, -0.2) is 44.4 Å². The second-order valence-electron chi connectivity index (χ2n) is 9.88. The van der Waals surface area contributed by atoms with Crippen molar-refractivity contribution >= 4 is 22.9 Å². The number of imidazole rings is 1. The van der Waals surface area contributed by atoms with Crippen LogP contribution in [-0.2, 0) is 38.8 Å². The average Bonchev–Trinajstić information content (AvgIpc) is 3.57. The maximum Gasteiger partial charge on any atom is 0.224 e. The number of nitrogens with zero attached hydrogens (tertiary/aromatic N) is 4. The summed E-state index contributed by atoms with van der Waals surface area (Å²) in [7, 11) is 0. The fourth-order valence-corrected chi connectivity index (χ4v) is 4.99. The van der Waals surface area contributed by atoms with Crippen LogP contribution in [0.4, 0.5) is 11.8 Å². The quantitative estimate of drug-likeness (QED) is 0.246. The number of nitrogens with two attached hydrogens (primary N) is 2. The first-order valence-corrected chi connectivity index (χ1v) is 13.5. The van der Waals surface area contributed by atoms with Crippen LogP contribution in [0.2, 0.25) is 0 Å². The van der Waals surface area contributed by atoms with Crippen molar-refractivity contribution in [1.82, 2.24) is 19.5 Å². The van der Waals surface area contributed by atoms with Crippen molar-refractivity contribution in [1.29, 1.82) is 0 Å². The van der Waals surface area contributed by atoms with Crippen molar-refractivity contribution in [3.05, 3.63) is 114 Å². The van der Waals surface area contributed by atoms with Gasteiger partial charge in [-0.3, -0.25) is 4.57 Å². The molecule has 10 heteroatoms. The summed E-state index contributed by atoms with van der Waals surface area (Å²) in [6, 6.07) is 30.0. The summed E-state index contributed by atoms with van der Waals surface area (Å²) in [6.07, 6.45) is -0.446. The maximum atomic E-state index is 6.64. The molecular formula is C31H32N6O4. The molecule has 0 unspecified atom stereocenters. The van der Waals surface area contributed by atoms with Crippen molar-refractivity contribution in [3.63, 3.8) is 0 Å². The molecule has 41 heavy (non-hydrogen) atoms. The van der Waals surface area contributed by atoms with E-state index in [1.54, 1.807) is 10.9 Å². The molecule has 0 saturated carbocycles. The second-order valence-corrected chi connectivity index (χ2v) is 9.88. The van der Waals surface area contributed by atoms with E-state index in [1.807, 2.05) is 91.0 Å². The van der Waals surface area contributed by atoms with Gasteiger partial charge in [-0.1, -0.05) is 91.0 Å². The minimum atomic E-state index is -0.636. The van der Waals surface area contributed by atoms with Crippen LogP contribution in [0.5, 0.6) is 0 Å². The number of hydrogen-bond donors (Lipinski definition) is 2. The third-order valence-electron chi connectivity index (χ3n) is 6.99. The number of ether oxygens (including phenoxy) is 4. The molecular weight excluding hydrogens is 520 g/mol. The number of hydrogen-bond acceptors (Lipinski definition) is 9. The van der Waals surface area contributed by atoms with Gasteiger partial charge in [0.1, 0.15) is 23.8 Å². The largest absolute Gasteiger partial charge is 0.382 e. The summed E-state index contributed by atoms with van der Waals surface area (Å²) >= 11 is 0. The summed E-state index contributed by atoms with van der Waals surface area (Å²) in [4.78, 5) is 12.9. The van der Waals surface area contributed by atoms with E-state index < -0.39 is 24.5 Å². The van der Waals surface area contributed by atoms with Gasteiger partial charge in [0.15, 0.2) is 17.7 Å². The highest BCUT2D eigenvalue weighted by atomic mass is 16.6. The number of nitrogen functional groups attached to an aromatic ring is 2. The molecule has 0 radical (unpaired) electrons. The Labute approximate surface area is 237 Å². The topological polar surface area (TPSA) is 133 Å². The Bertz CT molecular complexity index is 1550. The first-order chi connectivity index (χ1) is 20.2. The SMILES string of the molecule is Nc1nc(N)c2ncn([C@@H]3O[C@H](COCc4ccccc4)[C@@H](OCc4ccccc4)[C@@H]3OCc3ccccc3)c2n1. The smallest absolute Gasteiger partial charge is 0.224 e. The highest BCUT2D eigenvalue weighted by Gasteiger charge is 2.48. The van der Waals surface area contributed by atoms with Gasteiger partial charge in [-0.05, 0) is 16.7 Å². The van der Waals surface area contributed by atoms with E-state index in [4.69, 9.17) is 30.4 Å². The van der Waals surface area contributed by atoms with Gasteiger partial charge in [0, 0.05) is 0 Å². The molecule has 210 valence electrons. The number of aromatic nitrogens is 4. The summed E-state index contributed by atoms with van der Waals surface area (Å²) in [6.45, 7) is 1.48. The number of rotatable bonds is 11. The molecule has 0 spiro atoms. The monoisotopic (exact) mass is 552 g/mol. The Morgan fingerprint density at radius 1 is 0.707 bits per heavy atom. The zero-order valence-electron chi connectivity index (χ0n) is 22.5. The number of anilines is 2. The summed E-state index contributed by atoms with van der Waals surface area (Å²) in [5.41, 5.74) is 16.1. The molecule has 1 aliphatic heterocycles. The number of fused-ring (bicyclic) bond motifs is 1. The molecule has 4 atom stereocenters. The fraction of sp³-hybridized carbons (Fsp3) is 0.258. The third-order valence-corrected chi connectivity index (χ3v) is 6.99. The minimum Gasteiger partial charge on any atom is -0.382 e. The van der Waals surface area contributed by atoms with Crippen molar-refractivity contribution in [3.8, 4) is 0 Å². The zero-order chi connectivity index (χ0) is 28.0. The van der Waals surface area contributed by atoms with Gasteiger partial charge >= 0.3 is 0 Å². The van der Waals surface area contributed by atoms with Crippen LogP contribution in [0, 0.1) is 0 Å². The molecule has 3 aromatic carbocycles. The Balaban J connectivity index is 1.31.